The van der Waals surface area contributed by atoms with Gasteiger partial charge in [-0.05, 0) is 44.7 Å². The number of hydrogen-bond donors (Lipinski definition) is 9. The van der Waals surface area contributed by atoms with E-state index in [9.17, 15) is 45.6 Å². The molecule has 0 amide bonds. The van der Waals surface area contributed by atoms with E-state index in [2.05, 4.69) is 4.98 Å². The Morgan fingerprint density at radius 3 is 2.35 bits per heavy atom. The summed E-state index contributed by atoms with van der Waals surface area (Å²) in [7, 11) is 0. The van der Waals surface area contributed by atoms with Crippen LogP contribution in [0.1, 0.15) is 57.4 Å². The largest absolute Gasteiger partial charge is 0.451 e. The molecule has 4 aliphatic carbocycles. The number of aliphatic hydroxyl groups is 8. The van der Waals surface area contributed by atoms with Crippen LogP contribution in [0, 0.1) is 16.7 Å². The lowest BCUT2D eigenvalue weighted by Gasteiger charge is -2.62. The van der Waals surface area contributed by atoms with Crippen LogP contribution in [0.4, 0.5) is 0 Å². The van der Waals surface area contributed by atoms with E-state index in [1.807, 2.05) is 0 Å². The molecule has 2 aliphatic heterocycles. The standard InChI is InChI=1S/C25H35NO11/c1-12(2)22(33)16(36-14(28)13-6-5-9-26-13)23(34)19(11-27)10-21(32)18(22,4)25(23,35)24(37-21)15(29)17(3,30)7-8-20(19,24)31/h5-6,9,12,15-16,26-27,29-35H,7-8,10-11H2,1-4H3/t15-,16+,17-,18-,19+,20-,21+,22+,23+,24+,25+/m0/s1. The molecule has 0 radical (unpaired) electrons. The second kappa shape index (κ2) is 6.40. The minimum Gasteiger partial charge on any atom is -0.451 e. The van der Waals surface area contributed by atoms with E-state index in [0.29, 0.717) is 0 Å². The van der Waals surface area contributed by atoms with E-state index < -0.39 is 87.3 Å². The van der Waals surface area contributed by atoms with Crippen LogP contribution in [0.5, 0.6) is 0 Å². The number of carbonyl (C=O) groups excluding carboxylic acids is 1. The van der Waals surface area contributed by atoms with Crippen molar-refractivity contribution in [3.8, 4) is 0 Å². The van der Waals surface area contributed by atoms with Crippen molar-refractivity contribution < 1.29 is 55.1 Å². The van der Waals surface area contributed by atoms with Crippen molar-refractivity contribution in [2.45, 2.75) is 98.6 Å². The number of carbonyl (C=O) groups is 1. The maximum atomic E-state index is 13.2. The summed E-state index contributed by atoms with van der Waals surface area (Å²) in [5.74, 6) is -4.45. The van der Waals surface area contributed by atoms with Gasteiger partial charge in [-0.1, -0.05) is 13.8 Å². The van der Waals surface area contributed by atoms with Crippen molar-refractivity contribution in [1.82, 2.24) is 4.98 Å². The maximum Gasteiger partial charge on any atom is 0.355 e. The monoisotopic (exact) mass is 525 g/mol. The van der Waals surface area contributed by atoms with E-state index in [4.69, 9.17) is 9.47 Å². The molecule has 2 saturated heterocycles. The second-order valence-corrected chi connectivity index (χ2v) is 12.6. The molecule has 9 N–H and O–H groups in total. The Labute approximate surface area is 212 Å². The van der Waals surface area contributed by atoms with Crippen LogP contribution < -0.4 is 0 Å². The van der Waals surface area contributed by atoms with Crippen molar-refractivity contribution in [2.24, 2.45) is 16.7 Å². The molecule has 0 aromatic carbocycles. The number of ether oxygens (including phenoxy) is 2. The Balaban J connectivity index is 1.72. The summed E-state index contributed by atoms with van der Waals surface area (Å²) in [5.41, 5.74) is -19.9. The molecule has 4 saturated carbocycles. The molecule has 6 bridgehead atoms. The molecule has 37 heavy (non-hydrogen) atoms. The van der Waals surface area contributed by atoms with Crippen LogP contribution in [0.3, 0.4) is 0 Å². The molecule has 7 rings (SSSR count). The van der Waals surface area contributed by atoms with Gasteiger partial charge in [0.15, 0.2) is 17.5 Å². The Kier molecular flexibility index (Phi) is 4.44. The molecule has 12 heteroatoms. The summed E-state index contributed by atoms with van der Waals surface area (Å²) in [5, 5.41) is 96.1. The SMILES string of the molecule is CC(C)[C@@]1(O)[C@@H](OC(=O)c2ccc[nH]2)[C@@]2(O)[C@@]3(CO)C[C@@]4(O)O[C@@]5([C@@H](O)[C@@](C)(O)CC[C@]35O)[C@@]2(O)[C@@]41C. The lowest BCUT2D eigenvalue weighted by molar-refractivity contribution is -0.403. The van der Waals surface area contributed by atoms with Crippen molar-refractivity contribution in [3.63, 3.8) is 0 Å². The zero-order valence-corrected chi connectivity index (χ0v) is 21.1. The van der Waals surface area contributed by atoms with Gasteiger partial charge in [0.2, 0.25) is 0 Å². The predicted octanol–water partition coefficient (Wildman–Crippen LogP) is -2.10. The number of hydrogen-bond acceptors (Lipinski definition) is 11. The van der Waals surface area contributed by atoms with Gasteiger partial charge in [0.1, 0.15) is 34.2 Å². The topological polar surface area (TPSA) is 213 Å². The summed E-state index contributed by atoms with van der Waals surface area (Å²) in [6.07, 6.45) is -3.87. The Morgan fingerprint density at radius 1 is 1.16 bits per heavy atom. The first kappa shape index (κ1) is 25.7. The van der Waals surface area contributed by atoms with Gasteiger partial charge in [-0.2, -0.15) is 0 Å². The summed E-state index contributed by atoms with van der Waals surface area (Å²) in [6.45, 7) is 4.54. The molecule has 11 atom stereocenters. The van der Waals surface area contributed by atoms with Crippen molar-refractivity contribution in [3.05, 3.63) is 24.0 Å². The van der Waals surface area contributed by atoms with Crippen molar-refractivity contribution in [1.29, 1.82) is 0 Å². The highest BCUT2D eigenvalue weighted by Crippen LogP contribution is 2.90. The highest BCUT2D eigenvalue weighted by Gasteiger charge is 3.11. The summed E-state index contributed by atoms with van der Waals surface area (Å²) in [6, 6.07) is 2.93. The summed E-state index contributed by atoms with van der Waals surface area (Å²) in [4.78, 5) is 15.9. The predicted molar refractivity (Wildman–Crippen MR) is 122 cm³/mol. The van der Waals surface area contributed by atoms with E-state index in [0.717, 1.165) is 0 Å². The fourth-order valence-corrected chi connectivity index (χ4v) is 9.59. The van der Waals surface area contributed by atoms with Crippen LogP contribution in [0.25, 0.3) is 0 Å². The van der Waals surface area contributed by atoms with Gasteiger partial charge < -0.3 is 55.3 Å². The van der Waals surface area contributed by atoms with Crippen LogP contribution in [0.2, 0.25) is 0 Å². The molecule has 3 heterocycles. The Morgan fingerprint density at radius 2 is 1.81 bits per heavy atom. The highest BCUT2D eigenvalue weighted by atomic mass is 16.7. The van der Waals surface area contributed by atoms with Crippen LogP contribution in [0.15, 0.2) is 18.3 Å². The third-order valence-electron chi connectivity index (χ3n) is 11.3. The Bertz CT molecular complexity index is 1190. The van der Waals surface area contributed by atoms with Gasteiger partial charge in [-0.3, -0.25) is 0 Å². The zero-order valence-electron chi connectivity index (χ0n) is 21.1. The average molecular weight is 526 g/mol. The van der Waals surface area contributed by atoms with Gasteiger partial charge in [0, 0.05) is 12.6 Å². The van der Waals surface area contributed by atoms with E-state index in [1.54, 1.807) is 0 Å². The quantitative estimate of drug-likeness (QED) is 0.194. The first-order valence-electron chi connectivity index (χ1n) is 12.6. The van der Waals surface area contributed by atoms with Crippen LogP contribution in [-0.4, -0.2) is 110 Å². The van der Waals surface area contributed by atoms with Crippen molar-refractivity contribution in [2.75, 3.05) is 6.61 Å². The maximum absolute atomic E-state index is 13.2. The van der Waals surface area contributed by atoms with Crippen LogP contribution in [-0.2, 0) is 9.47 Å². The van der Waals surface area contributed by atoms with Crippen molar-refractivity contribution >= 4 is 5.97 Å². The normalized spacial score (nSPS) is 59.3. The van der Waals surface area contributed by atoms with Gasteiger partial charge in [-0.25, -0.2) is 4.79 Å². The minimum atomic E-state index is -2.93. The zero-order chi connectivity index (χ0) is 27.5. The number of aromatic amines is 1. The molecule has 12 nitrogen and oxygen atoms in total. The number of esters is 1. The molecule has 1 spiro atoms. The third kappa shape index (κ3) is 1.91. The van der Waals surface area contributed by atoms with E-state index >= 15 is 0 Å². The Hall–Kier alpha value is -1.61. The number of nitrogens with one attached hydrogen (secondary N) is 1. The lowest BCUT2D eigenvalue weighted by atomic mass is 9.52. The van der Waals surface area contributed by atoms with Gasteiger partial charge in [0.25, 0.3) is 0 Å². The van der Waals surface area contributed by atoms with Crippen LogP contribution >= 0.6 is 0 Å². The fourth-order valence-electron chi connectivity index (χ4n) is 9.59. The smallest absolute Gasteiger partial charge is 0.355 e. The third-order valence-corrected chi connectivity index (χ3v) is 11.3. The van der Waals surface area contributed by atoms with E-state index in [1.165, 1.54) is 46.0 Å². The highest BCUT2D eigenvalue weighted by molar-refractivity contribution is 5.87. The average Bonchev–Trinajstić information content (AvgIpc) is 3.45. The summed E-state index contributed by atoms with van der Waals surface area (Å²) >= 11 is 0. The summed E-state index contributed by atoms with van der Waals surface area (Å²) < 4.78 is 11.8. The van der Waals surface area contributed by atoms with Gasteiger partial charge >= 0.3 is 5.97 Å². The lowest BCUT2D eigenvalue weighted by Crippen LogP contribution is -2.79. The minimum absolute atomic E-state index is 0.0314. The molecule has 206 valence electrons. The van der Waals surface area contributed by atoms with Gasteiger partial charge in [0.05, 0.1) is 23.0 Å². The first-order chi connectivity index (χ1) is 16.9. The van der Waals surface area contributed by atoms with Gasteiger partial charge in [-0.15, -0.1) is 0 Å². The number of H-pyrrole nitrogens is 1. The molecular weight excluding hydrogens is 490 g/mol. The fraction of sp³-hybridized carbons (Fsp3) is 0.800. The second-order valence-electron chi connectivity index (χ2n) is 12.6. The number of aliphatic hydroxyl groups excluding tert-OH is 2. The van der Waals surface area contributed by atoms with E-state index in [-0.39, 0.29) is 18.5 Å². The molecule has 1 aromatic heterocycles. The number of aromatic nitrogens is 1. The number of rotatable bonds is 4. The molecular formula is C25H35NO11. The molecule has 0 unspecified atom stereocenters. The molecule has 6 fully saturated rings. The molecule has 6 aliphatic rings. The molecule has 1 aromatic rings. The first-order valence-corrected chi connectivity index (χ1v) is 12.6.